The number of ether oxygens (including phenoxy) is 2. The summed E-state index contributed by atoms with van der Waals surface area (Å²) >= 11 is 0. The van der Waals surface area contributed by atoms with E-state index in [0.717, 1.165) is 18.2 Å². The molecular formula is C16H21LiO9S. The van der Waals surface area contributed by atoms with Gasteiger partial charge in [0.25, 0.3) is 0 Å². The first kappa shape index (κ1) is 25.6. The van der Waals surface area contributed by atoms with Crippen molar-refractivity contribution < 1.29 is 61.1 Å². The molecule has 1 aromatic carbocycles. The Labute approximate surface area is 169 Å². The predicted octanol–water partition coefficient (Wildman–Crippen LogP) is -2.55. The molecule has 0 unspecified atom stereocenters. The topological polar surface area (TPSA) is 150 Å². The zero-order valence-electron chi connectivity index (χ0n) is 15.0. The van der Waals surface area contributed by atoms with Gasteiger partial charge in [-0.25, -0.2) is 18.0 Å². The van der Waals surface area contributed by atoms with E-state index in [0.29, 0.717) is 25.7 Å². The fourth-order valence-electron chi connectivity index (χ4n) is 1.90. The van der Waals surface area contributed by atoms with Crippen LogP contribution in [-0.4, -0.2) is 61.5 Å². The minimum Gasteiger partial charge on any atom is -0.744 e. The molecule has 146 valence electrons. The Morgan fingerprint density at radius 2 is 1.26 bits per heavy atom. The number of benzene rings is 1. The van der Waals surface area contributed by atoms with Crippen molar-refractivity contribution in [3.63, 3.8) is 0 Å². The van der Waals surface area contributed by atoms with Crippen LogP contribution in [0, 0.1) is 0 Å². The molecule has 0 amide bonds. The van der Waals surface area contributed by atoms with Gasteiger partial charge in [0, 0.05) is 13.2 Å². The van der Waals surface area contributed by atoms with Crippen LogP contribution >= 0.6 is 0 Å². The molecule has 1 rings (SSSR count). The van der Waals surface area contributed by atoms with E-state index in [-0.39, 0.29) is 56.4 Å². The van der Waals surface area contributed by atoms with Crippen molar-refractivity contribution in [3.05, 3.63) is 29.3 Å². The van der Waals surface area contributed by atoms with Gasteiger partial charge in [0.15, 0.2) is 0 Å². The second-order valence-electron chi connectivity index (χ2n) is 5.33. The van der Waals surface area contributed by atoms with Gasteiger partial charge < -0.3 is 24.2 Å². The molecule has 0 saturated carbocycles. The summed E-state index contributed by atoms with van der Waals surface area (Å²) in [5.41, 5.74) is -0.540. The average Bonchev–Trinajstić information content (AvgIpc) is 2.61. The van der Waals surface area contributed by atoms with Crippen LogP contribution in [0.3, 0.4) is 0 Å². The molecule has 1 aromatic rings. The smallest absolute Gasteiger partial charge is 0.744 e. The molecule has 0 fully saturated rings. The molecule has 0 aliphatic rings. The molecule has 0 bridgehead atoms. The molecule has 0 atom stereocenters. The number of unbranched alkanes of at least 4 members (excludes halogenated alkanes) is 2. The van der Waals surface area contributed by atoms with E-state index in [1.165, 1.54) is 0 Å². The Kier molecular flexibility index (Phi) is 12.2. The van der Waals surface area contributed by atoms with Crippen molar-refractivity contribution in [2.45, 2.75) is 30.6 Å². The summed E-state index contributed by atoms with van der Waals surface area (Å²) < 4.78 is 43.6. The van der Waals surface area contributed by atoms with E-state index >= 15 is 0 Å². The third-order valence-electron chi connectivity index (χ3n) is 3.24. The van der Waals surface area contributed by atoms with Crippen LogP contribution in [0.25, 0.3) is 0 Å². The normalized spacial score (nSPS) is 10.8. The molecule has 11 heteroatoms. The predicted molar refractivity (Wildman–Crippen MR) is 87.6 cm³/mol. The van der Waals surface area contributed by atoms with Crippen LogP contribution in [0.4, 0.5) is 0 Å². The number of hydrogen-bond acceptors (Lipinski definition) is 9. The van der Waals surface area contributed by atoms with Crippen LogP contribution in [0.5, 0.6) is 0 Å². The maximum absolute atomic E-state index is 12.0. The molecular weight excluding hydrogens is 375 g/mol. The number of rotatable bonds is 11. The van der Waals surface area contributed by atoms with Gasteiger partial charge in [-0.1, -0.05) is 0 Å². The van der Waals surface area contributed by atoms with Crippen molar-refractivity contribution in [2.75, 3.05) is 26.4 Å². The summed E-state index contributed by atoms with van der Waals surface area (Å²) in [6, 6.07) is 2.75. The van der Waals surface area contributed by atoms with Gasteiger partial charge in [-0.15, -0.1) is 0 Å². The third-order valence-corrected chi connectivity index (χ3v) is 4.05. The van der Waals surface area contributed by atoms with Crippen molar-refractivity contribution in [3.8, 4) is 0 Å². The minimum atomic E-state index is -4.90. The van der Waals surface area contributed by atoms with Crippen molar-refractivity contribution in [2.24, 2.45) is 0 Å². The van der Waals surface area contributed by atoms with Gasteiger partial charge in [0.2, 0.25) is 0 Å². The van der Waals surface area contributed by atoms with E-state index < -0.39 is 27.0 Å². The second kappa shape index (κ2) is 12.9. The Bertz CT molecular complexity index is 676. The molecule has 0 aliphatic carbocycles. The van der Waals surface area contributed by atoms with Gasteiger partial charge in [0.1, 0.15) is 10.1 Å². The zero-order valence-corrected chi connectivity index (χ0v) is 15.9. The summed E-state index contributed by atoms with van der Waals surface area (Å²) in [6.45, 7) is -0.134. The largest absolute Gasteiger partial charge is 1.00 e. The summed E-state index contributed by atoms with van der Waals surface area (Å²) in [5, 5.41) is 17.3. The maximum Gasteiger partial charge on any atom is 1.00 e. The van der Waals surface area contributed by atoms with E-state index in [1.807, 2.05) is 0 Å². The Balaban J connectivity index is 0.00000676. The molecule has 0 aliphatic heterocycles. The van der Waals surface area contributed by atoms with Gasteiger partial charge in [-0.3, -0.25) is 0 Å². The minimum absolute atomic E-state index is 0. The SMILES string of the molecule is O=C(OCCCCO)c1cc(C(=O)OCCCCO)cc(S(=O)(=O)[O-])c1.[Li+]. The van der Waals surface area contributed by atoms with Gasteiger partial charge >= 0.3 is 30.8 Å². The Morgan fingerprint density at radius 3 is 1.59 bits per heavy atom. The molecule has 0 saturated heterocycles. The summed E-state index contributed by atoms with van der Waals surface area (Å²) in [4.78, 5) is 23.3. The third kappa shape index (κ3) is 9.37. The van der Waals surface area contributed by atoms with Gasteiger partial charge in [0.05, 0.1) is 29.2 Å². The van der Waals surface area contributed by atoms with Crippen LogP contribution in [-0.2, 0) is 19.6 Å². The first-order valence-electron chi connectivity index (χ1n) is 7.96. The fourth-order valence-corrected chi connectivity index (χ4v) is 2.45. The van der Waals surface area contributed by atoms with Crippen molar-refractivity contribution in [1.82, 2.24) is 0 Å². The second-order valence-corrected chi connectivity index (χ2v) is 6.71. The summed E-state index contributed by atoms with van der Waals surface area (Å²) in [6.07, 6.45) is 1.66. The van der Waals surface area contributed by atoms with Crippen molar-refractivity contribution in [1.29, 1.82) is 0 Å². The summed E-state index contributed by atoms with van der Waals surface area (Å²) in [5.74, 6) is -1.80. The van der Waals surface area contributed by atoms with Crippen LogP contribution < -0.4 is 18.9 Å². The molecule has 0 heterocycles. The average molecular weight is 396 g/mol. The van der Waals surface area contributed by atoms with Crippen LogP contribution in [0.2, 0.25) is 0 Å². The molecule has 27 heavy (non-hydrogen) atoms. The molecule has 0 aromatic heterocycles. The van der Waals surface area contributed by atoms with Crippen LogP contribution in [0.1, 0.15) is 46.4 Å². The number of carbonyl (C=O) groups excluding carboxylic acids is 2. The zero-order chi connectivity index (χ0) is 19.6. The van der Waals surface area contributed by atoms with E-state index in [1.54, 1.807) is 0 Å². The fraction of sp³-hybridized carbons (Fsp3) is 0.500. The summed E-state index contributed by atoms with van der Waals surface area (Å²) in [7, 11) is -4.90. The number of aliphatic hydroxyl groups excluding tert-OH is 2. The number of hydrogen-bond donors (Lipinski definition) is 2. The monoisotopic (exact) mass is 396 g/mol. The molecule has 0 radical (unpaired) electrons. The Hall–Kier alpha value is -1.41. The van der Waals surface area contributed by atoms with E-state index in [2.05, 4.69) is 0 Å². The van der Waals surface area contributed by atoms with Crippen molar-refractivity contribution >= 4 is 22.1 Å². The number of carbonyl (C=O) groups is 2. The standard InChI is InChI=1S/C16H22O9S.Li/c17-5-1-3-7-24-15(19)12-9-13(11-14(10-12)26(21,22)23)16(20)25-8-4-2-6-18;/h9-11,17-18H,1-8H2,(H,21,22,23);/q;+1/p-1. The van der Waals surface area contributed by atoms with Gasteiger partial charge in [-0.2, -0.15) is 0 Å². The number of esters is 2. The van der Waals surface area contributed by atoms with Crippen LogP contribution in [0.15, 0.2) is 23.1 Å². The maximum atomic E-state index is 12.0. The number of aliphatic hydroxyl groups is 2. The molecule has 2 N–H and O–H groups in total. The van der Waals surface area contributed by atoms with E-state index in [9.17, 15) is 22.6 Å². The quantitative estimate of drug-likeness (QED) is 0.178. The van der Waals surface area contributed by atoms with E-state index in [4.69, 9.17) is 19.7 Å². The molecule has 0 spiro atoms. The Morgan fingerprint density at radius 1 is 0.852 bits per heavy atom. The first-order valence-corrected chi connectivity index (χ1v) is 9.37. The van der Waals surface area contributed by atoms with Gasteiger partial charge in [-0.05, 0) is 43.9 Å². The molecule has 9 nitrogen and oxygen atoms in total. The first-order chi connectivity index (χ1) is 12.3.